The van der Waals surface area contributed by atoms with Crippen molar-refractivity contribution in [2.45, 2.75) is 0 Å². The third kappa shape index (κ3) is 2.93. The molecule has 1 amide bonds. The molecule has 0 fully saturated rings. The lowest BCUT2D eigenvalue weighted by Crippen LogP contribution is -2.12. The van der Waals surface area contributed by atoms with E-state index < -0.39 is 5.91 Å². The highest BCUT2D eigenvalue weighted by Gasteiger charge is 2.13. The number of hydrogen-bond acceptors (Lipinski definition) is 1. The average molecular weight is 324 g/mol. The van der Waals surface area contributed by atoms with Crippen LogP contribution in [0.4, 0.5) is 5.69 Å². The highest BCUT2D eigenvalue weighted by atomic mass is 35.5. The summed E-state index contributed by atoms with van der Waals surface area (Å²) in [7, 11) is 0. The van der Waals surface area contributed by atoms with E-state index in [1.54, 1.807) is 18.2 Å². The van der Waals surface area contributed by atoms with Crippen molar-refractivity contribution in [1.29, 1.82) is 0 Å². The molecule has 0 saturated heterocycles. The normalized spacial score (nSPS) is 10.4. The summed E-state index contributed by atoms with van der Waals surface area (Å²) >= 11 is 23.2. The fraction of sp³-hybridized carbons (Fsp3) is 0. The molecule has 0 saturated carbocycles. The Labute approximate surface area is 123 Å². The Morgan fingerprint density at radius 2 is 1.78 bits per heavy atom. The van der Waals surface area contributed by atoms with Crippen LogP contribution in [-0.2, 0) is 0 Å². The first-order valence-electron chi connectivity index (χ1n) is 4.78. The van der Waals surface area contributed by atoms with Gasteiger partial charge in [-0.05, 0) is 24.3 Å². The van der Waals surface area contributed by atoms with Gasteiger partial charge in [0, 0.05) is 5.02 Å². The Morgan fingerprint density at radius 1 is 1.06 bits per heavy atom. The first kappa shape index (κ1) is 13.6. The number of benzene rings is 1. The first-order chi connectivity index (χ1) is 8.47. The Morgan fingerprint density at radius 3 is 2.39 bits per heavy atom. The maximum absolute atomic E-state index is 11.9. The predicted molar refractivity (Wildman–Crippen MR) is 75.2 cm³/mol. The van der Waals surface area contributed by atoms with E-state index in [-0.39, 0.29) is 15.9 Å². The number of anilines is 1. The fourth-order valence-corrected chi connectivity index (χ4v) is 1.96. The van der Waals surface area contributed by atoms with Crippen LogP contribution in [0.3, 0.4) is 0 Å². The van der Waals surface area contributed by atoms with Crippen LogP contribution < -0.4 is 5.32 Å². The number of carbonyl (C=O) groups is 1. The lowest BCUT2D eigenvalue weighted by molar-refractivity contribution is 0.102. The second-order valence-corrected chi connectivity index (χ2v) is 5.05. The topological polar surface area (TPSA) is 44.9 Å². The second kappa shape index (κ2) is 5.41. The van der Waals surface area contributed by atoms with Gasteiger partial charge in [-0.1, -0.05) is 46.4 Å². The van der Waals surface area contributed by atoms with Crippen molar-refractivity contribution in [1.82, 2.24) is 4.98 Å². The highest BCUT2D eigenvalue weighted by Crippen LogP contribution is 2.27. The summed E-state index contributed by atoms with van der Waals surface area (Å²) in [4.78, 5) is 14.5. The van der Waals surface area contributed by atoms with Gasteiger partial charge in [-0.3, -0.25) is 4.79 Å². The van der Waals surface area contributed by atoms with E-state index in [1.807, 2.05) is 0 Å². The van der Waals surface area contributed by atoms with Crippen molar-refractivity contribution in [3.8, 4) is 0 Å². The molecule has 0 unspecified atom stereocenters. The Hall–Kier alpha value is -0.870. The fourth-order valence-electron chi connectivity index (χ4n) is 1.31. The van der Waals surface area contributed by atoms with Crippen LogP contribution in [-0.4, -0.2) is 10.9 Å². The van der Waals surface area contributed by atoms with Gasteiger partial charge in [-0.25, -0.2) is 0 Å². The van der Waals surface area contributed by atoms with Crippen molar-refractivity contribution in [2.75, 3.05) is 5.32 Å². The number of carbonyl (C=O) groups excluding carboxylic acids is 1. The minimum atomic E-state index is -0.409. The van der Waals surface area contributed by atoms with Gasteiger partial charge in [-0.2, -0.15) is 0 Å². The summed E-state index contributed by atoms with van der Waals surface area (Å²) in [5, 5.41) is 3.94. The zero-order chi connectivity index (χ0) is 13.3. The average Bonchev–Trinajstić information content (AvgIpc) is 2.64. The van der Waals surface area contributed by atoms with E-state index in [0.717, 1.165) is 0 Å². The zero-order valence-electron chi connectivity index (χ0n) is 8.73. The van der Waals surface area contributed by atoms with E-state index in [9.17, 15) is 4.79 Å². The number of hydrogen-bond donors (Lipinski definition) is 2. The van der Waals surface area contributed by atoms with E-state index >= 15 is 0 Å². The molecule has 0 atom stereocenters. The molecular weight excluding hydrogens is 318 g/mol. The Bertz CT molecular complexity index is 590. The molecule has 0 radical (unpaired) electrons. The van der Waals surface area contributed by atoms with Gasteiger partial charge in [0.05, 0.1) is 15.7 Å². The van der Waals surface area contributed by atoms with Crippen molar-refractivity contribution in [2.24, 2.45) is 0 Å². The molecule has 2 aromatic rings. The summed E-state index contributed by atoms with van der Waals surface area (Å²) < 4.78 is 0. The molecule has 18 heavy (non-hydrogen) atoms. The number of rotatable bonds is 2. The molecule has 0 spiro atoms. The minimum absolute atomic E-state index is 0.207. The van der Waals surface area contributed by atoms with Crippen LogP contribution in [0.5, 0.6) is 0 Å². The maximum atomic E-state index is 11.9. The van der Waals surface area contributed by atoms with Crippen LogP contribution in [0.15, 0.2) is 24.3 Å². The van der Waals surface area contributed by atoms with Gasteiger partial charge in [0.1, 0.15) is 10.8 Å². The largest absolute Gasteiger partial charge is 0.340 e. The number of aromatic nitrogens is 1. The molecule has 0 aliphatic carbocycles. The van der Waals surface area contributed by atoms with Crippen molar-refractivity contribution in [3.05, 3.63) is 50.2 Å². The summed E-state index contributed by atoms with van der Waals surface area (Å²) in [6, 6.07) is 6.20. The van der Waals surface area contributed by atoms with E-state index in [0.29, 0.717) is 15.7 Å². The van der Waals surface area contributed by atoms with Gasteiger partial charge in [0.15, 0.2) is 0 Å². The van der Waals surface area contributed by atoms with Crippen molar-refractivity contribution < 1.29 is 4.79 Å². The molecule has 7 heteroatoms. The third-order valence-corrected chi connectivity index (χ3v) is 3.40. The van der Waals surface area contributed by atoms with Crippen LogP contribution in [0.2, 0.25) is 20.2 Å². The summed E-state index contributed by atoms with van der Waals surface area (Å²) in [5.74, 6) is -0.409. The Kier molecular flexibility index (Phi) is 4.07. The van der Waals surface area contributed by atoms with Gasteiger partial charge in [0.2, 0.25) is 0 Å². The van der Waals surface area contributed by atoms with E-state index in [1.165, 1.54) is 6.07 Å². The third-order valence-electron chi connectivity index (χ3n) is 2.15. The van der Waals surface area contributed by atoms with Crippen molar-refractivity contribution >= 4 is 58.0 Å². The molecule has 0 aliphatic heterocycles. The lowest BCUT2D eigenvalue weighted by Gasteiger charge is -2.06. The predicted octanol–water partition coefficient (Wildman–Crippen LogP) is 4.88. The zero-order valence-corrected chi connectivity index (χ0v) is 11.8. The molecule has 2 rings (SSSR count). The molecule has 94 valence electrons. The lowest BCUT2D eigenvalue weighted by atomic mass is 10.3. The summed E-state index contributed by atoms with van der Waals surface area (Å²) in [6.07, 6.45) is 0. The number of aromatic amines is 1. The van der Waals surface area contributed by atoms with E-state index in [4.69, 9.17) is 46.4 Å². The van der Waals surface area contributed by atoms with E-state index in [2.05, 4.69) is 10.3 Å². The number of H-pyrrole nitrogens is 1. The SMILES string of the molecule is O=C(Nc1cc(Cl)ccc1Cl)c1cc(Cl)c(Cl)[nH]1. The van der Waals surface area contributed by atoms with Crippen LogP contribution >= 0.6 is 46.4 Å². The molecule has 3 nitrogen and oxygen atoms in total. The molecular formula is C11H6Cl4N2O. The molecule has 1 heterocycles. The minimum Gasteiger partial charge on any atom is -0.340 e. The van der Waals surface area contributed by atoms with Crippen molar-refractivity contribution in [3.63, 3.8) is 0 Å². The maximum Gasteiger partial charge on any atom is 0.272 e. The molecule has 0 aliphatic rings. The standard InChI is InChI=1S/C11H6Cl4N2O/c12-5-1-2-6(13)8(3-5)17-11(18)9-4-7(14)10(15)16-9/h1-4,16H,(H,17,18). The van der Waals surface area contributed by atoms with Crippen LogP contribution in [0.25, 0.3) is 0 Å². The van der Waals surface area contributed by atoms with Gasteiger partial charge >= 0.3 is 0 Å². The number of amides is 1. The number of halogens is 4. The van der Waals surface area contributed by atoms with Gasteiger partial charge in [-0.15, -0.1) is 0 Å². The smallest absolute Gasteiger partial charge is 0.272 e. The monoisotopic (exact) mass is 322 g/mol. The molecule has 1 aromatic carbocycles. The highest BCUT2D eigenvalue weighted by molar-refractivity contribution is 6.42. The molecule has 2 N–H and O–H groups in total. The van der Waals surface area contributed by atoms with Gasteiger partial charge < -0.3 is 10.3 Å². The van der Waals surface area contributed by atoms with Gasteiger partial charge in [0.25, 0.3) is 5.91 Å². The number of nitrogens with one attached hydrogen (secondary N) is 2. The summed E-state index contributed by atoms with van der Waals surface area (Å²) in [5.41, 5.74) is 0.650. The molecule has 1 aromatic heterocycles. The summed E-state index contributed by atoms with van der Waals surface area (Å²) in [6.45, 7) is 0. The first-order valence-corrected chi connectivity index (χ1v) is 6.29. The van der Waals surface area contributed by atoms with Crippen LogP contribution in [0, 0.1) is 0 Å². The van der Waals surface area contributed by atoms with Crippen LogP contribution in [0.1, 0.15) is 10.5 Å². The molecule has 0 bridgehead atoms. The quantitative estimate of drug-likeness (QED) is 0.812. The second-order valence-electron chi connectivity index (χ2n) is 3.42. The Balaban J connectivity index is 2.23.